The Labute approximate surface area is 93.8 Å². The molecule has 0 aliphatic carbocycles. The highest BCUT2D eigenvalue weighted by Crippen LogP contribution is 2.21. The van der Waals surface area contributed by atoms with Crippen LogP contribution in [0.5, 0.6) is 0 Å². The number of hydrogen-bond acceptors (Lipinski definition) is 2. The lowest BCUT2D eigenvalue weighted by atomic mass is 10.1. The second kappa shape index (κ2) is 4.81. The summed E-state index contributed by atoms with van der Waals surface area (Å²) in [5, 5.41) is 6.83. The van der Waals surface area contributed by atoms with Gasteiger partial charge in [0.2, 0.25) is 0 Å². The molecule has 1 aliphatic heterocycles. The Hall–Kier alpha value is -0.800. The van der Waals surface area contributed by atoms with Crippen molar-refractivity contribution in [2.45, 2.75) is 18.9 Å². The van der Waals surface area contributed by atoms with Gasteiger partial charge in [0.15, 0.2) is 0 Å². The van der Waals surface area contributed by atoms with Crippen molar-refractivity contribution in [1.29, 1.82) is 0 Å². The van der Waals surface area contributed by atoms with E-state index in [9.17, 15) is 4.39 Å². The number of piperidine rings is 1. The first-order chi connectivity index (χ1) is 7.25. The molecule has 15 heavy (non-hydrogen) atoms. The molecule has 1 fully saturated rings. The van der Waals surface area contributed by atoms with Crippen molar-refractivity contribution < 1.29 is 4.39 Å². The molecule has 2 rings (SSSR count). The van der Waals surface area contributed by atoms with E-state index in [0.29, 0.717) is 6.04 Å². The molecule has 2 N–H and O–H groups in total. The van der Waals surface area contributed by atoms with Crippen LogP contribution < -0.4 is 10.6 Å². The zero-order valence-electron chi connectivity index (χ0n) is 8.39. The molecule has 0 radical (unpaired) electrons. The Morgan fingerprint density at radius 1 is 1.33 bits per heavy atom. The summed E-state index contributed by atoms with van der Waals surface area (Å²) in [6.45, 7) is 2.07. The molecular weight excluding hydrogens is 215 g/mol. The van der Waals surface area contributed by atoms with Crippen molar-refractivity contribution in [3.8, 4) is 0 Å². The standard InChI is InChI=1S/C11H14ClFN2/c12-10-7-9(1-2-11(10)13)15-8-3-5-14-6-4-8/h1-2,7-8,14-15H,3-6H2. The van der Waals surface area contributed by atoms with Gasteiger partial charge < -0.3 is 10.6 Å². The number of benzene rings is 1. The smallest absolute Gasteiger partial charge is 0.141 e. The molecule has 0 saturated carbocycles. The molecule has 0 aromatic heterocycles. The molecule has 0 unspecified atom stereocenters. The lowest BCUT2D eigenvalue weighted by Gasteiger charge is -2.24. The maximum absolute atomic E-state index is 12.9. The molecule has 1 heterocycles. The molecule has 1 saturated heterocycles. The average molecular weight is 229 g/mol. The van der Waals surface area contributed by atoms with Gasteiger partial charge in [-0.05, 0) is 44.1 Å². The predicted octanol–water partition coefficient (Wildman–Crippen LogP) is 2.64. The molecule has 82 valence electrons. The van der Waals surface area contributed by atoms with E-state index in [4.69, 9.17) is 11.6 Å². The average Bonchev–Trinajstić information content (AvgIpc) is 2.25. The summed E-state index contributed by atoms with van der Waals surface area (Å²) in [5.74, 6) is -0.368. The van der Waals surface area contributed by atoms with Gasteiger partial charge >= 0.3 is 0 Å². The number of nitrogens with one attached hydrogen (secondary N) is 2. The second-order valence-electron chi connectivity index (χ2n) is 3.80. The normalized spacial score (nSPS) is 17.7. The summed E-state index contributed by atoms with van der Waals surface area (Å²) in [6.07, 6.45) is 2.18. The van der Waals surface area contributed by atoms with E-state index in [1.54, 1.807) is 12.1 Å². The summed E-state index contributed by atoms with van der Waals surface area (Å²) < 4.78 is 12.9. The Kier molecular flexibility index (Phi) is 3.44. The first-order valence-corrected chi connectivity index (χ1v) is 5.56. The lowest BCUT2D eigenvalue weighted by molar-refractivity contribution is 0.479. The topological polar surface area (TPSA) is 24.1 Å². The SMILES string of the molecule is Fc1ccc(NC2CCNCC2)cc1Cl. The zero-order chi connectivity index (χ0) is 10.7. The van der Waals surface area contributed by atoms with Gasteiger partial charge in [0, 0.05) is 11.7 Å². The van der Waals surface area contributed by atoms with Crippen molar-refractivity contribution in [2.24, 2.45) is 0 Å². The first kappa shape index (κ1) is 10.7. The van der Waals surface area contributed by atoms with E-state index in [1.165, 1.54) is 6.07 Å². The summed E-state index contributed by atoms with van der Waals surface area (Å²) in [6, 6.07) is 5.22. The Morgan fingerprint density at radius 3 is 2.73 bits per heavy atom. The van der Waals surface area contributed by atoms with Gasteiger partial charge in [0.1, 0.15) is 5.82 Å². The van der Waals surface area contributed by atoms with Crippen LogP contribution in [0.2, 0.25) is 5.02 Å². The van der Waals surface area contributed by atoms with Crippen molar-refractivity contribution in [3.63, 3.8) is 0 Å². The van der Waals surface area contributed by atoms with Crippen molar-refractivity contribution in [3.05, 3.63) is 29.0 Å². The molecule has 0 amide bonds. The fraction of sp³-hybridized carbons (Fsp3) is 0.455. The molecule has 0 bridgehead atoms. The maximum Gasteiger partial charge on any atom is 0.141 e. The van der Waals surface area contributed by atoms with Gasteiger partial charge in [-0.1, -0.05) is 11.6 Å². The molecular formula is C11H14ClFN2. The molecule has 0 atom stereocenters. The highest BCUT2D eigenvalue weighted by Gasteiger charge is 2.12. The highest BCUT2D eigenvalue weighted by atomic mass is 35.5. The van der Waals surface area contributed by atoms with E-state index in [2.05, 4.69) is 10.6 Å². The van der Waals surface area contributed by atoms with Crippen LogP contribution in [0.4, 0.5) is 10.1 Å². The number of anilines is 1. The number of halogens is 2. The van der Waals surface area contributed by atoms with Gasteiger partial charge in [0.05, 0.1) is 5.02 Å². The fourth-order valence-electron chi connectivity index (χ4n) is 1.79. The van der Waals surface area contributed by atoms with Crippen LogP contribution in [0.15, 0.2) is 18.2 Å². The van der Waals surface area contributed by atoms with E-state index < -0.39 is 0 Å². The maximum atomic E-state index is 12.9. The van der Waals surface area contributed by atoms with E-state index in [1.807, 2.05) is 0 Å². The summed E-state index contributed by atoms with van der Waals surface area (Å²) in [7, 11) is 0. The minimum Gasteiger partial charge on any atom is -0.382 e. The van der Waals surface area contributed by atoms with Gasteiger partial charge in [-0.2, -0.15) is 0 Å². The highest BCUT2D eigenvalue weighted by molar-refractivity contribution is 6.31. The first-order valence-electron chi connectivity index (χ1n) is 5.18. The van der Waals surface area contributed by atoms with E-state index in [-0.39, 0.29) is 10.8 Å². The number of rotatable bonds is 2. The molecule has 1 aliphatic rings. The van der Waals surface area contributed by atoms with Crippen molar-refractivity contribution in [2.75, 3.05) is 18.4 Å². The summed E-state index contributed by atoms with van der Waals surface area (Å²) in [5.41, 5.74) is 0.897. The second-order valence-corrected chi connectivity index (χ2v) is 4.20. The minimum absolute atomic E-state index is 0.175. The van der Waals surface area contributed by atoms with Crippen LogP contribution in [-0.4, -0.2) is 19.1 Å². The fourth-order valence-corrected chi connectivity index (χ4v) is 1.97. The molecule has 1 aromatic rings. The van der Waals surface area contributed by atoms with Gasteiger partial charge in [-0.15, -0.1) is 0 Å². The summed E-state index contributed by atoms with van der Waals surface area (Å²) >= 11 is 5.70. The van der Waals surface area contributed by atoms with Gasteiger partial charge in [0.25, 0.3) is 0 Å². The van der Waals surface area contributed by atoms with E-state index >= 15 is 0 Å². The van der Waals surface area contributed by atoms with Crippen LogP contribution in [0, 0.1) is 5.82 Å². The van der Waals surface area contributed by atoms with Crippen LogP contribution in [-0.2, 0) is 0 Å². The van der Waals surface area contributed by atoms with Crippen molar-refractivity contribution >= 4 is 17.3 Å². The molecule has 1 aromatic carbocycles. The van der Waals surface area contributed by atoms with E-state index in [0.717, 1.165) is 31.6 Å². The Bertz CT molecular complexity index is 337. The third-order valence-corrected chi connectivity index (χ3v) is 2.92. The molecule has 2 nitrogen and oxygen atoms in total. The van der Waals surface area contributed by atoms with Crippen LogP contribution >= 0.6 is 11.6 Å². The quantitative estimate of drug-likeness (QED) is 0.813. The molecule has 0 spiro atoms. The van der Waals surface area contributed by atoms with Crippen molar-refractivity contribution in [1.82, 2.24) is 5.32 Å². The van der Waals surface area contributed by atoms with Crippen LogP contribution in [0.25, 0.3) is 0 Å². The third kappa shape index (κ3) is 2.83. The zero-order valence-corrected chi connectivity index (χ0v) is 9.15. The van der Waals surface area contributed by atoms with Gasteiger partial charge in [-0.25, -0.2) is 4.39 Å². The number of hydrogen-bond donors (Lipinski definition) is 2. The van der Waals surface area contributed by atoms with Crippen LogP contribution in [0.1, 0.15) is 12.8 Å². The predicted molar refractivity (Wildman–Crippen MR) is 60.9 cm³/mol. The monoisotopic (exact) mass is 228 g/mol. The largest absolute Gasteiger partial charge is 0.382 e. The summed E-state index contributed by atoms with van der Waals surface area (Å²) in [4.78, 5) is 0. The van der Waals surface area contributed by atoms with Gasteiger partial charge in [-0.3, -0.25) is 0 Å². The Morgan fingerprint density at radius 2 is 2.07 bits per heavy atom. The lowest BCUT2D eigenvalue weighted by Crippen LogP contribution is -2.35. The van der Waals surface area contributed by atoms with Crippen LogP contribution in [0.3, 0.4) is 0 Å². The Balaban J connectivity index is 2.00. The third-order valence-electron chi connectivity index (χ3n) is 2.63. The minimum atomic E-state index is -0.368. The molecule has 4 heteroatoms.